The van der Waals surface area contributed by atoms with E-state index in [4.69, 9.17) is 10.5 Å². The maximum absolute atomic E-state index is 12.4. The van der Waals surface area contributed by atoms with Crippen molar-refractivity contribution in [2.75, 3.05) is 23.9 Å². The number of ether oxygens (including phenoxy) is 1. The van der Waals surface area contributed by atoms with Gasteiger partial charge < -0.3 is 25.4 Å². The largest absolute Gasteiger partial charge is 0.539 e. The smallest absolute Gasteiger partial charge is 0.266 e. The van der Waals surface area contributed by atoms with E-state index in [1.54, 1.807) is 24.3 Å². The highest BCUT2D eigenvalue weighted by atomic mass is 32.2. The summed E-state index contributed by atoms with van der Waals surface area (Å²) in [5, 5.41) is 37.6. The molecule has 0 spiro atoms. The molecule has 0 saturated heterocycles. The van der Waals surface area contributed by atoms with Crippen LogP contribution < -0.4 is 25.6 Å². The van der Waals surface area contributed by atoms with Crippen molar-refractivity contribution in [1.29, 1.82) is 10.5 Å². The first kappa shape index (κ1) is 21.4. The average Bonchev–Trinajstić information content (AvgIpc) is 3.09. The molecule has 0 atom stereocenters. The molecule has 0 radical (unpaired) electrons. The molecule has 2 aromatic heterocycles. The van der Waals surface area contributed by atoms with Crippen molar-refractivity contribution in [3.05, 3.63) is 35.4 Å². The number of pyridine rings is 1. The van der Waals surface area contributed by atoms with E-state index in [-0.39, 0.29) is 44.9 Å². The normalized spacial score (nSPS) is 10.2. The molecule has 1 amide bonds. The molecule has 3 rings (SSSR count). The molecule has 0 aliphatic heterocycles. The van der Waals surface area contributed by atoms with Gasteiger partial charge in [-0.15, -0.1) is 0 Å². The van der Waals surface area contributed by atoms with Gasteiger partial charge in [-0.05, 0) is 12.1 Å². The third-order valence-electron chi connectivity index (χ3n) is 4.14. The predicted molar refractivity (Wildman–Crippen MR) is 107 cm³/mol. The average molecular weight is 437 g/mol. The van der Waals surface area contributed by atoms with Crippen molar-refractivity contribution in [3.63, 3.8) is 0 Å². The van der Waals surface area contributed by atoms with Gasteiger partial charge in [-0.25, -0.2) is 4.98 Å². The lowest BCUT2D eigenvalue weighted by molar-refractivity contribution is -0.730. The lowest BCUT2D eigenvalue weighted by Crippen LogP contribution is -2.32. The number of nitrogens with two attached hydrogens (primary N) is 1. The Morgan fingerprint density at radius 1 is 1.35 bits per heavy atom. The number of aromatic nitrogens is 3. The first-order valence-corrected chi connectivity index (χ1v) is 9.62. The van der Waals surface area contributed by atoms with Gasteiger partial charge in [0.25, 0.3) is 5.69 Å². The van der Waals surface area contributed by atoms with Crippen LogP contribution in [-0.4, -0.2) is 29.0 Å². The van der Waals surface area contributed by atoms with Gasteiger partial charge in [0.05, 0.1) is 34.9 Å². The number of carbonyl (C=O) groups is 1. The minimum Gasteiger partial charge on any atom is -0.539 e. The number of para-hydroxylation sites is 2. The number of methoxy groups -OCH3 is 1. The summed E-state index contributed by atoms with van der Waals surface area (Å²) in [4.78, 5) is 16.5. The summed E-state index contributed by atoms with van der Waals surface area (Å²) in [7, 11) is 2.91. The number of benzene rings is 1. The number of carbonyl (C=O) groups excluding carboxylic acids is 1. The summed E-state index contributed by atoms with van der Waals surface area (Å²) >= 11 is 0.931. The third-order valence-corrected chi connectivity index (χ3v) is 5.11. The highest BCUT2D eigenvalue weighted by molar-refractivity contribution is 8.00. The summed E-state index contributed by atoms with van der Waals surface area (Å²) in [5.74, 6) is -1.05. The van der Waals surface area contributed by atoms with Crippen molar-refractivity contribution in [3.8, 4) is 35.1 Å². The Hall–Kier alpha value is -4.29. The minimum atomic E-state index is -0.842. The number of nitrogens with zero attached hydrogens (tertiary/aromatic N) is 5. The lowest BCUT2D eigenvalue weighted by atomic mass is 10.0. The third kappa shape index (κ3) is 4.19. The van der Waals surface area contributed by atoms with Gasteiger partial charge in [-0.3, -0.25) is 4.79 Å². The van der Waals surface area contributed by atoms with Gasteiger partial charge in [0.2, 0.25) is 5.91 Å². The Morgan fingerprint density at radius 2 is 2.06 bits per heavy atom. The number of rotatable bonds is 6. The second-order valence-electron chi connectivity index (χ2n) is 6.02. The van der Waals surface area contributed by atoms with Gasteiger partial charge in [0.15, 0.2) is 13.0 Å². The maximum Gasteiger partial charge on any atom is 0.266 e. The maximum atomic E-state index is 12.4. The molecule has 11 nitrogen and oxygen atoms in total. The first-order chi connectivity index (χ1) is 14.9. The van der Waals surface area contributed by atoms with Gasteiger partial charge in [0, 0.05) is 0 Å². The number of anilines is 2. The quantitative estimate of drug-likeness (QED) is 0.412. The van der Waals surface area contributed by atoms with Crippen molar-refractivity contribution in [2.45, 2.75) is 5.03 Å². The zero-order valence-corrected chi connectivity index (χ0v) is 17.2. The van der Waals surface area contributed by atoms with Gasteiger partial charge in [0.1, 0.15) is 34.3 Å². The molecule has 31 heavy (non-hydrogen) atoms. The number of thioether (sulfide) groups is 1. The Kier molecular flexibility index (Phi) is 6.23. The minimum absolute atomic E-state index is 0.0427. The predicted octanol–water partition coefficient (Wildman–Crippen LogP) is 0.700. The Bertz CT molecular complexity index is 1220. The second-order valence-corrected chi connectivity index (χ2v) is 6.98. The molecule has 0 fully saturated rings. The number of hydrogen-bond donors (Lipinski definition) is 2. The van der Waals surface area contributed by atoms with Crippen LogP contribution in [0, 0.1) is 22.7 Å². The SMILES string of the molecule is COc1ccccc1NC(=O)CSc1nc(N)c(C#N)c(-c2c([O-])on[n+]2C)c1C#N. The van der Waals surface area contributed by atoms with Gasteiger partial charge in [-0.1, -0.05) is 28.6 Å². The number of aryl methyl sites for hydroxylation is 1. The van der Waals surface area contributed by atoms with Crippen LogP contribution in [0.25, 0.3) is 11.3 Å². The second kappa shape index (κ2) is 9.02. The molecule has 3 N–H and O–H groups in total. The molecule has 0 saturated carbocycles. The van der Waals surface area contributed by atoms with E-state index in [0.29, 0.717) is 11.4 Å². The van der Waals surface area contributed by atoms with Crippen LogP contribution in [0.5, 0.6) is 11.7 Å². The van der Waals surface area contributed by atoms with E-state index < -0.39 is 5.95 Å². The van der Waals surface area contributed by atoms with Crippen LogP contribution in [0.4, 0.5) is 11.5 Å². The topological polar surface area (TPSA) is 178 Å². The van der Waals surface area contributed by atoms with E-state index in [0.717, 1.165) is 16.4 Å². The van der Waals surface area contributed by atoms with Crippen LogP contribution in [0.3, 0.4) is 0 Å². The number of nitrogens with one attached hydrogen (secondary N) is 1. The zero-order chi connectivity index (χ0) is 22.5. The van der Waals surface area contributed by atoms with Crippen LogP contribution in [0.1, 0.15) is 11.1 Å². The summed E-state index contributed by atoms with van der Waals surface area (Å²) in [6.07, 6.45) is 0. The summed E-state index contributed by atoms with van der Waals surface area (Å²) in [5.41, 5.74) is 5.97. The Morgan fingerprint density at radius 3 is 2.68 bits per heavy atom. The molecular formula is C19H15N7O4S. The molecule has 1 aromatic carbocycles. The zero-order valence-electron chi connectivity index (χ0n) is 16.4. The fourth-order valence-corrected chi connectivity index (χ4v) is 3.58. The van der Waals surface area contributed by atoms with Crippen molar-refractivity contribution < 1.29 is 23.8 Å². The van der Waals surface area contributed by atoms with Crippen LogP contribution in [-0.2, 0) is 11.8 Å². The molecular weight excluding hydrogens is 422 g/mol. The van der Waals surface area contributed by atoms with Crippen molar-refractivity contribution in [1.82, 2.24) is 10.3 Å². The number of amides is 1. The highest BCUT2D eigenvalue weighted by Crippen LogP contribution is 2.36. The molecule has 12 heteroatoms. The first-order valence-electron chi connectivity index (χ1n) is 8.63. The molecule has 0 unspecified atom stereocenters. The Balaban J connectivity index is 1.95. The number of hydrogen-bond acceptors (Lipinski definition) is 10. The van der Waals surface area contributed by atoms with Crippen LogP contribution >= 0.6 is 11.8 Å². The van der Waals surface area contributed by atoms with Crippen molar-refractivity contribution >= 4 is 29.2 Å². The highest BCUT2D eigenvalue weighted by Gasteiger charge is 2.29. The summed E-state index contributed by atoms with van der Waals surface area (Å²) < 4.78 is 10.9. The monoisotopic (exact) mass is 437 g/mol. The molecule has 0 aliphatic carbocycles. The van der Waals surface area contributed by atoms with Gasteiger partial charge >= 0.3 is 0 Å². The van der Waals surface area contributed by atoms with Crippen molar-refractivity contribution in [2.24, 2.45) is 7.05 Å². The van der Waals surface area contributed by atoms with Gasteiger partial charge in [-0.2, -0.15) is 10.5 Å². The molecule has 0 aliphatic rings. The number of nitriles is 2. The van der Waals surface area contributed by atoms with E-state index >= 15 is 0 Å². The van der Waals surface area contributed by atoms with E-state index in [1.807, 2.05) is 12.1 Å². The van der Waals surface area contributed by atoms with Crippen LogP contribution in [0.2, 0.25) is 0 Å². The molecule has 2 heterocycles. The fourth-order valence-electron chi connectivity index (χ4n) is 2.79. The standard InChI is InChI=1S/C19H15N7O4S/c1-26-16(19(28)30-25-26)15-10(7-20)17(22)24-18(11(15)8-21)31-9-14(27)23-12-5-3-4-6-13(12)29-2/h3-6H,9H2,1-2H3,(H3-,22,23,24,25,27,28). The molecule has 156 valence electrons. The van der Waals surface area contributed by atoms with E-state index in [2.05, 4.69) is 20.1 Å². The number of nitrogen functional groups attached to an aromatic ring is 1. The summed E-state index contributed by atoms with van der Waals surface area (Å²) in [6, 6.07) is 10.7. The summed E-state index contributed by atoms with van der Waals surface area (Å²) in [6.45, 7) is 0. The molecule has 3 aromatic rings. The Labute approximate surface area is 180 Å². The van der Waals surface area contributed by atoms with E-state index in [9.17, 15) is 20.4 Å². The molecule has 0 bridgehead atoms. The van der Waals surface area contributed by atoms with Crippen LogP contribution in [0.15, 0.2) is 33.8 Å². The fraction of sp³-hybridized carbons (Fsp3) is 0.158. The van der Waals surface area contributed by atoms with E-state index in [1.165, 1.54) is 14.2 Å². The lowest BCUT2D eigenvalue weighted by Gasteiger charge is -2.12.